The largest absolute Gasteiger partial charge is 0.386 e. The van der Waals surface area contributed by atoms with E-state index in [0.717, 1.165) is 18.4 Å². The summed E-state index contributed by atoms with van der Waals surface area (Å²) < 4.78 is 5.50. The number of rotatable bonds is 1. The fourth-order valence-electron chi connectivity index (χ4n) is 1.83. The minimum atomic E-state index is -0.659. The van der Waals surface area contributed by atoms with Crippen LogP contribution in [0.2, 0.25) is 0 Å². The van der Waals surface area contributed by atoms with E-state index in [9.17, 15) is 5.11 Å². The molecule has 68 valence electrons. The quantitative estimate of drug-likeness (QED) is 0.477. The second kappa shape index (κ2) is 2.12. The molecule has 0 bridgehead atoms. The molecule has 1 saturated heterocycles. The van der Waals surface area contributed by atoms with E-state index in [1.807, 2.05) is 13.8 Å². The standard InChI is InChI=1S/C10H16O2/c1-9(2,11)7-4-5-10(3)8(6-7)12-10/h6,8,11H,4-5H2,1-3H3/t8-,10+/m0/s1. The molecule has 2 aliphatic rings. The van der Waals surface area contributed by atoms with Crippen LogP contribution in [0.1, 0.15) is 33.6 Å². The summed E-state index contributed by atoms with van der Waals surface area (Å²) in [6.45, 7) is 5.81. The molecule has 1 N–H and O–H groups in total. The Kier molecular flexibility index (Phi) is 1.46. The molecule has 0 unspecified atom stereocenters. The summed E-state index contributed by atoms with van der Waals surface area (Å²) in [5.74, 6) is 0. The third-order valence-electron chi connectivity index (χ3n) is 2.97. The van der Waals surface area contributed by atoms with Crippen molar-refractivity contribution >= 4 is 0 Å². The number of hydrogen-bond donors (Lipinski definition) is 1. The van der Waals surface area contributed by atoms with Crippen LogP contribution in [0.3, 0.4) is 0 Å². The second-order valence-corrected chi connectivity index (χ2v) is 4.60. The van der Waals surface area contributed by atoms with Gasteiger partial charge in [-0.25, -0.2) is 0 Å². The zero-order valence-corrected chi connectivity index (χ0v) is 7.92. The van der Waals surface area contributed by atoms with Crippen LogP contribution in [-0.2, 0) is 4.74 Å². The molecule has 0 aromatic rings. The van der Waals surface area contributed by atoms with Crippen molar-refractivity contribution in [1.82, 2.24) is 0 Å². The normalized spacial score (nSPS) is 40.3. The van der Waals surface area contributed by atoms with Gasteiger partial charge in [-0.05, 0) is 39.2 Å². The van der Waals surface area contributed by atoms with Crippen molar-refractivity contribution in [2.24, 2.45) is 0 Å². The summed E-state index contributed by atoms with van der Waals surface area (Å²) in [4.78, 5) is 0. The van der Waals surface area contributed by atoms with Gasteiger partial charge in [0.05, 0.1) is 11.2 Å². The topological polar surface area (TPSA) is 32.8 Å². The molecule has 2 nitrogen and oxygen atoms in total. The van der Waals surface area contributed by atoms with Crippen molar-refractivity contribution in [3.8, 4) is 0 Å². The predicted molar refractivity (Wildman–Crippen MR) is 46.9 cm³/mol. The number of fused-ring (bicyclic) bond motifs is 1. The lowest BCUT2D eigenvalue weighted by Crippen LogP contribution is -2.26. The number of hydrogen-bond acceptors (Lipinski definition) is 2. The highest BCUT2D eigenvalue weighted by Crippen LogP contribution is 2.47. The van der Waals surface area contributed by atoms with Crippen molar-refractivity contribution in [1.29, 1.82) is 0 Å². The molecule has 12 heavy (non-hydrogen) atoms. The van der Waals surface area contributed by atoms with Gasteiger partial charge in [-0.15, -0.1) is 0 Å². The second-order valence-electron chi connectivity index (χ2n) is 4.60. The average molecular weight is 168 g/mol. The first-order valence-corrected chi connectivity index (χ1v) is 4.53. The molecule has 1 aliphatic heterocycles. The Balaban J connectivity index is 2.17. The van der Waals surface area contributed by atoms with E-state index in [1.165, 1.54) is 0 Å². The van der Waals surface area contributed by atoms with Crippen molar-refractivity contribution in [2.45, 2.75) is 50.9 Å². The molecule has 0 saturated carbocycles. The maximum atomic E-state index is 9.74. The van der Waals surface area contributed by atoms with E-state index in [0.29, 0.717) is 0 Å². The lowest BCUT2D eigenvalue weighted by molar-refractivity contribution is 0.113. The number of aliphatic hydroxyl groups is 1. The van der Waals surface area contributed by atoms with Gasteiger partial charge in [0.25, 0.3) is 0 Å². The van der Waals surface area contributed by atoms with E-state index >= 15 is 0 Å². The first-order valence-electron chi connectivity index (χ1n) is 4.53. The summed E-state index contributed by atoms with van der Waals surface area (Å²) >= 11 is 0. The monoisotopic (exact) mass is 168 g/mol. The lowest BCUT2D eigenvalue weighted by Gasteiger charge is -2.24. The molecular formula is C10H16O2. The number of ether oxygens (including phenoxy) is 1. The highest BCUT2D eigenvalue weighted by atomic mass is 16.6. The van der Waals surface area contributed by atoms with Crippen LogP contribution < -0.4 is 0 Å². The molecule has 2 rings (SSSR count). The lowest BCUT2D eigenvalue weighted by atomic mass is 9.84. The van der Waals surface area contributed by atoms with Crippen LogP contribution in [0, 0.1) is 0 Å². The fraction of sp³-hybridized carbons (Fsp3) is 0.800. The third kappa shape index (κ3) is 1.19. The van der Waals surface area contributed by atoms with Crippen LogP contribution in [0.15, 0.2) is 11.6 Å². The smallest absolute Gasteiger partial charge is 0.106 e. The number of epoxide rings is 1. The molecule has 2 heteroatoms. The summed E-state index contributed by atoms with van der Waals surface area (Å²) in [7, 11) is 0. The van der Waals surface area contributed by atoms with Gasteiger partial charge in [0.2, 0.25) is 0 Å². The Morgan fingerprint density at radius 2 is 2.33 bits per heavy atom. The fourth-order valence-corrected chi connectivity index (χ4v) is 1.83. The predicted octanol–water partition coefficient (Wildman–Crippen LogP) is 1.64. The van der Waals surface area contributed by atoms with E-state index in [4.69, 9.17) is 4.74 Å². The van der Waals surface area contributed by atoms with Crippen LogP contribution >= 0.6 is 0 Å². The van der Waals surface area contributed by atoms with Gasteiger partial charge in [-0.1, -0.05) is 6.08 Å². The third-order valence-corrected chi connectivity index (χ3v) is 2.97. The summed E-state index contributed by atoms with van der Waals surface area (Å²) in [5, 5.41) is 9.74. The highest BCUT2D eigenvalue weighted by Gasteiger charge is 2.53. The average Bonchev–Trinajstić information content (AvgIpc) is 2.56. The summed E-state index contributed by atoms with van der Waals surface area (Å²) in [5.41, 5.74) is 0.574. The Morgan fingerprint density at radius 3 is 2.83 bits per heavy atom. The zero-order valence-electron chi connectivity index (χ0n) is 7.92. The van der Waals surface area contributed by atoms with Crippen LogP contribution in [0.5, 0.6) is 0 Å². The molecule has 0 amide bonds. The molecular weight excluding hydrogens is 152 g/mol. The molecule has 2 atom stereocenters. The van der Waals surface area contributed by atoms with Gasteiger partial charge < -0.3 is 9.84 Å². The van der Waals surface area contributed by atoms with Gasteiger partial charge >= 0.3 is 0 Å². The Hall–Kier alpha value is -0.340. The van der Waals surface area contributed by atoms with E-state index in [-0.39, 0.29) is 11.7 Å². The van der Waals surface area contributed by atoms with Crippen LogP contribution in [-0.4, -0.2) is 22.4 Å². The zero-order chi connectivity index (χ0) is 8.98. The Bertz CT molecular complexity index is 237. The van der Waals surface area contributed by atoms with E-state index in [1.54, 1.807) is 0 Å². The molecule has 0 aromatic carbocycles. The molecule has 0 spiro atoms. The van der Waals surface area contributed by atoms with E-state index in [2.05, 4.69) is 13.0 Å². The van der Waals surface area contributed by atoms with Crippen LogP contribution in [0.4, 0.5) is 0 Å². The van der Waals surface area contributed by atoms with Crippen molar-refractivity contribution in [3.05, 3.63) is 11.6 Å². The first-order chi connectivity index (χ1) is 5.42. The van der Waals surface area contributed by atoms with Crippen molar-refractivity contribution in [3.63, 3.8) is 0 Å². The molecule has 1 aliphatic carbocycles. The Labute approximate surface area is 73.2 Å². The van der Waals surface area contributed by atoms with Gasteiger partial charge in [0.1, 0.15) is 6.10 Å². The van der Waals surface area contributed by atoms with Gasteiger partial charge in [-0.2, -0.15) is 0 Å². The first kappa shape index (κ1) is 8.27. The molecule has 0 radical (unpaired) electrons. The highest BCUT2D eigenvalue weighted by molar-refractivity contribution is 5.27. The molecule has 0 aromatic heterocycles. The van der Waals surface area contributed by atoms with Crippen molar-refractivity contribution in [2.75, 3.05) is 0 Å². The minimum absolute atomic E-state index is 0.106. The van der Waals surface area contributed by atoms with Crippen LogP contribution in [0.25, 0.3) is 0 Å². The Morgan fingerprint density at radius 1 is 1.67 bits per heavy atom. The summed E-state index contributed by atoms with van der Waals surface area (Å²) in [6, 6.07) is 0. The minimum Gasteiger partial charge on any atom is -0.386 e. The molecule has 1 heterocycles. The maximum Gasteiger partial charge on any atom is 0.106 e. The maximum absolute atomic E-state index is 9.74. The van der Waals surface area contributed by atoms with E-state index < -0.39 is 5.60 Å². The summed E-state index contributed by atoms with van der Waals surface area (Å²) in [6.07, 6.45) is 4.38. The molecule has 1 fully saturated rings. The SMILES string of the molecule is CC(C)(O)C1=C[C@@H]2O[C@]2(C)CC1. The van der Waals surface area contributed by atoms with Gasteiger partial charge in [0, 0.05) is 0 Å². The van der Waals surface area contributed by atoms with Gasteiger partial charge in [-0.3, -0.25) is 0 Å². The van der Waals surface area contributed by atoms with Crippen molar-refractivity contribution < 1.29 is 9.84 Å². The van der Waals surface area contributed by atoms with Gasteiger partial charge in [0.15, 0.2) is 0 Å².